The lowest BCUT2D eigenvalue weighted by molar-refractivity contribution is -0.132. The lowest BCUT2D eigenvalue weighted by Gasteiger charge is -2.33. The molecule has 2 atom stereocenters. The second kappa shape index (κ2) is 14.6. The Hall–Kier alpha value is -3.02. The van der Waals surface area contributed by atoms with Gasteiger partial charge in [0.1, 0.15) is 23.2 Å². The second-order valence-corrected chi connectivity index (χ2v) is 13.9. The molecule has 43 heavy (non-hydrogen) atoms. The third-order valence-electron chi connectivity index (χ3n) is 7.91. The van der Waals surface area contributed by atoms with Crippen molar-refractivity contribution in [2.24, 2.45) is 11.8 Å². The minimum Gasteiger partial charge on any atom is -0.493 e. The van der Waals surface area contributed by atoms with Gasteiger partial charge in [0.05, 0.1) is 12.5 Å². The number of anilines is 1. The minimum absolute atomic E-state index is 0.0173. The summed E-state index contributed by atoms with van der Waals surface area (Å²) in [5.74, 6) is 3.10. The van der Waals surface area contributed by atoms with Crippen LogP contribution >= 0.6 is 11.8 Å². The molecule has 0 unspecified atom stereocenters. The van der Waals surface area contributed by atoms with E-state index in [4.69, 9.17) is 14.0 Å². The summed E-state index contributed by atoms with van der Waals surface area (Å²) in [7, 11) is 0. The Morgan fingerprint density at radius 3 is 2.53 bits per heavy atom. The molecule has 1 aromatic heterocycles. The van der Waals surface area contributed by atoms with Crippen LogP contribution in [0.4, 0.5) is 15.2 Å². The zero-order valence-corrected chi connectivity index (χ0v) is 27.0. The number of piperidine rings is 1. The van der Waals surface area contributed by atoms with Gasteiger partial charge in [-0.3, -0.25) is 4.79 Å². The fourth-order valence-electron chi connectivity index (χ4n) is 5.31. The fourth-order valence-corrected chi connectivity index (χ4v) is 6.26. The molecule has 238 valence electrons. The van der Waals surface area contributed by atoms with E-state index in [0.29, 0.717) is 48.2 Å². The van der Waals surface area contributed by atoms with Gasteiger partial charge in [-0.15, -0.1) is 11.8 Å². The van der Waals surface area contributed by atoms with Crippen molar-refractivity contribution in [3.05, 3.63) is 35.4 Å². The lowest BCUT2D eigenvalue weighted by atomic mass is 9.84. The predicted octanol–water partition coefficient (Wildman–Crippen LogP) is 5.62. The van der Waals surface area contributed by atoms with Gasteiger partial charge in [-0.05, 0) is 63.5 Å². The number of benzene rings is 1. The van der Waals surface area contributed by atoms with E-state index >= 15 is 4.39 Å². The first kappa shape index (κ1) is 32.9. The third kappa shape index (κ3) is 9.48. The highest BCUT2D eigenvalue weighted by atomic mass is 32.2. The maximum Gasteiger partial charge on any atom is 0.408 e. The van der Waals surface area contributed by atoms with Gasteiger partial charge in [0.2, 0.25) is 5.91 Å². The van der Waals surface area contributed by atoms with Crippen LogP contribution in [0.2, 0.25) is 0 Å². The molecule has 10 nitrogen and oxygen atoms in total. The Balaban J connectivity index is 1.26. The highest BCUT2D eigenvalue weighted by Gasteiger charge is 2.31. The highest BCUT2D eigenvalue weighted by Crippen LogP contribution is 2.30. The molecule has 1 aromatic carbocycles. The first-order valence-corrected chi connectivity index (χ1v) is 16.4. The quantitative estimate of drug-likeness (QED) is 0.343. The molecule has 0 saturated carbocycles. The first-order chi connectivity index (χ1) is 20.4. The number of thioether (sulfide) groups is 1. The van der Waals surface area contributed by atoms with Crippen LogP contribution in [0.25, 0.3) is 0 Å². The number of aromatic nitrogens is 2. The lowest BCUT2D eigenvalue weighted by Crippen LogP contribution is -2.50. The Kier molecular flexibility index (Phi) is 11.2. The SMILES string of the molecule is CC(C)c1noc(N2CCC([C@H](C)CCOc3ccc(C[C@H](NC(=O)OC(C)(C)C)C(=O)N4CCSC4)c(F)c3)CC2)n1. The van der Waals surface area contributed by atoms with Gasteiger partial charge >= 0.3 is 12.1 Å². The Labute approximate surface area is 258 Å². The average molecular weight is 620 g/mol. The van der Waals surface area contributed by atoms with Crippen molar-refractivity contribution in [2.75, 3.05) is 42.8 Å². The summed E-state index contributed by atoms with van der Waals surface area (Å²) in [4.78, 5) is 34.0. The number of amides is 2. The van der Waals surface area contributed by atoms with Crippen molar-refractivity contribution in [3.63, 3.8) is 0 Å². The molecule has 0 aliphatic carbocycles. The van der Waals surface area contributed by atoms with Gasteiger partial charge in [-0.2, -0.15) is 4.98 Å². The van der Waals surface area contributed by atoms with E-state index < -0.39 is 23.6 Å². The Morgan fingerprint density at radius 2 is 1.93 bits per heavy atom. The molecule has 2 aromatic rings. The van der Waals surface area contributed by atoms with Gasteiger partial charge in [0.25, 0.3) is 0 Å². The van der Waals surface area contributed by atoms with Crippen LogP contribution in [0, 0.1) is 17.7 Å². The van der Waals surface area contributed by atoms with E-state index in [1.807, 2.05) is 13.8 Å². The van der Waals surface area contributed by atoms with E-state index in [1.54, 1.807) is 49.6 Å². The molecule has 2 fully saturated rings. The number of carbonyl (C=O) groups is 2. The van der Waals surface area contributed by atoms with E-state index in [1.165, 1.54) is 6.07 Å². The van der Waals surface area contributed by atoms with E-state index in [9.17, 15) is 9.59 Å². The van der Waals surface area contributed by atoms with Crippen LogP contribution < -0.4 is 15.0 Å². The molecule has 12 heteroatoms. The number of nitrogens with zero attached hydrogens (tertiary/aromatic N) is 4. The van der Waals surface area contributed by atoms with Crippen LogP contribution in [0.1, 0.15) is 78.1 Å². The standard InChI is InChI=1S/C31H46FN5O5S/c1-20(2)27-34-29(42-35-27)36-12-9-22(10-13-36)21(3)11-15-40-24-8-7-23(25(32)18-24)17-26(28(38)37-14-16-43-19-37)33-30(39)41-31(4,5)6/h7-8,18,20-22,26H,9-17,19H2,1-6H3,(H,33,39)/t21-,26+/m1/s1. The number of rotatable bonds is 11. The van der Waals surface area contributed by atoms with Crippen LogP contribution in [0.15, 0.2) is 22.7 Å². The largest absolute Gasteiger partial charge is 0.493 e. The zero-order valence-electron chi connectivity index (χ0n) is 26.2. The molecular weight excluding hydrogens is 573 g/mol. The Bertz CT molecular complexity index is 1220. The maximum absolute atomic E-state index is 15.2. The van der Waals surface area contributed by atoms with E-state index in [-0.39, 0.29) is 18.2 Å². The summed E-state index contributed by atoms with van der Waals surface area (Å²) in [6.07, 6.45) is 2.25. The molecule has 1 N–H and O–H groups in total. The number of nitrogens with one attached hydrogen (secondary N) is 1. The monoisotopic (exact) mass is 619 g/mol. The number of halogens is 1. The normalized spacial score (nSPS) is 17.7. The second-order valence-electron chi connectivity index (χ2n) is 12.8. The number of ether oxygens (including phenoxy) is 2. The van der Waals surface area contributed by atoms with Crippen molar-refractivity contribution in [1.82, 2.24) is 20.4 Å². The van der Waals surface area contributed by atoms with Crippen molar-refractivity contribution in [2.45, 2.75) is 84.8 Å². The summed E-state index contributed by atoms with van der Waals surface area (Å²) < 4.78 is 31.9. The summed E-state index contributed by atoms with van der Waals surface area (Å²) >= 11 is 1.65. The average Bonchev–Trinajstić information content (AvgIpc) is 3.66. The van der Waals surface area contributed by atoms with E-state index in [0.717, 1.165) is 43.9 Å². The van der Waals surface area contributed by atoms with E-state index in [2.05, 4.69) is 27.3 Å². The topological polar surface area (TPSA) is 110 Å². The van der Waals surface area contributed by atoms with Crippen LogP contribution in [0.3, 0.4) is 0 Å². The van der Waals surface area contributed by atoms with Gasteiger partial charge in [-0.1, -0.05) is 32.0 Å². The smallest absolute Gasteiger partial charge is 0.408 e. The van der Waals surface area contributed by atoms with Crippen molar-refractivity contribution in [1.29, 1.82) is 0 Å². The molecule has 2 aliphatic rings. The predicted molar refractivity (Wildman–Crippen MR) is 165 cm³/mol. The van der Waals surface area contributed by atoms with Crippen molar-refractivity contribution >= 4 is 29.8 Å². The number of hydrogen-bond donors (Lipinski definition) is 1. The third-order valence-corrected chi connectivity index (χ3v) is 8.87. The summed E-state index contributed by atoms with van der Waals surface area (Å²) in [6, 6.07) is 4.38. The van der Waals surface area contributed by atoms with Crippen molar-refractivity contribution in [3.8, 4) is 5.75 Å². The number of hydrogen-bond acceptors (Lipinski definition) is 9. The van der Waals surface area contributed by atoms with Crippen LogP contribution in [0.5, 0.6) is 5.75 Å². The summed E-state index contributed by atoms with van der Waals surface area (Å²) in [5, 5.41) is 6.74. The minimum atomic E-state index is -0.931. The summed E-state index contributed by atoms with van der Waals surface area (Å²) in [5.41, 5.74) is -0.386. The molecular formula is C31H46FN5O5S. The molecule has 2 aliphatic heterocycles. The molecule has 4 rings (SSSR count). The van der Waals surface area contributed by atoms with Gasteiger partial charge in [-0.25, -0.2) is 9.18 Å². The number of alkyl carbamates (subject to hydrolysis) is 1. The summed E-state index contributed by atoms with van der Waals surface area (Å²) in [6.45, 7) is 14.4. The molecule has 0 spiro atoms. The first-order valence-electron chi connectivity index (χ1n) is 15.3. The molecule has 2 saturated heterocycles. The Morgan fingerprint density at radius 1 is 1.19 bits per heavy atom. The van der Waals surface area contributed by atoms with Crippen LogP contribution in [-0.4, -0.2) is 76.6 Å². The molecule has 3 heterocycles. The zero-order chi connectivity index (χ0) is 31.1. The highest BCUT2D eigenvalue weighted by molar-refractivity contribution is 7.99. The van der Waals surface area contributed by atoms with Gasteiger partial charge in [0.15, 0.2) is 5.82 Å². The molecule has 2 amide bonds. The fraction of sp³-hybridized carbons (Fsp3) is 0.677. The van der Waals surface area contributed by atoms with Gasteiger partial charge in [0, 0.05) is 43.8 Å². The molecule has 0 radical (unpaired) electrons. The number of carbonyl (C=O) groups excluding carboxylic acids is 2. The maximum atomic E-state index is 15.2. The van der Waals surface area contributed by atoms with Crippen LogP contribution in [-0.2, 0) is 16.0 Å². The van der Waals surface area contributed by atoms with Gasteiger partial charge < -0.3 is 29.1 Å². The molecule has 0 bridgehead atoms. The van der Waals surface area contributed by atoms with Crippen molar-refractivity contribution < 1.29 is 28.0 Å².